The number of aryl methyl sites for hydroxylation is 2. The van der Waals surface area contributed by atoms with Gasteiger partial charge in [-0.3, -0.25) is 4.79 Å². The van der Waals surface area contributed by atoms with E-state index in [1.54, 1.807) is 0 Å². The van der Waals surface area contributed by atoms with Crippen molar-refractivity contribution >= 4 is 5.91 Å². The average Bonchev–Trinajstić information content (AvgIpc) is 3.18. The number of nitrogens with one attached hydrogen (secondary N) is 1. The van der Waals surface area contributed by atoms with E-state index in [0.717, 1.165) is 37.0 Å². The molecule has 1 heterocycles. The maximum absolute atomic E-state index is 12.2. The van der Waals surface area contributed by atoms with Gasteiger partial charge in [0.1, 0.15) is 5.76 Å². The minimum Gasteiger partial charge on any atom is -0.456 e. The van der Waals surface area contributed by atoms with E-state index in [2.05, 4.69) is 5.32 Å². The summed E-state index contributed by atoms with van der Waals surface area (Å²) in [5, 5.41) is 12.4. The first-order valence-corrected chi connectivity index (χ1v) is 7.09. The van der Waals surface area contributed by atoms with E-state index in [9.17, 15) is 9.90 Å². The van der Waals surface area contributed by atoms with Crippen molar-refractivity contribution in [2.45, 2.75) is 52.0 Å². The Bertz CT molecular complexity index is 440. The molecule has 4 heteroatoms. The monoisotopic (exact) mass is 265 g/mol. The molecule has 1 saturated carbocycles. The van der Waals surface area contributed by atoms with E-state index < -0.39 is 5.54 Å². The number of furan rings is 1. The zero-order valence-electron chi connectivity index (χ0n) is 12.0. The predicted octanol–water partition coefficient (Wildman–Crippen LogP) is 2.30. The highest BCUT2D eigenvalue weighted by atomic mass is 16.4. The molecule has 1 aromatic rings. The van der Waals surface area contributed by atoms with Gasteiger partial charge in [0.25, 0.3) is 5.91 Å². The number of amides is 1. The zero-order valence-corrected chi connectivity index (χ0v) is 12.0. The molecule has 2 rings (SSSR count). The lowest BCUT2D eigenvalue weighted by Gasteiger charge is -2.28. The molecular formula is C15H23NO3. The first-order chi connectivity index (χ1) is 9.04. The predicted molar refractivity (Wildman–Crippen MR) is 73.1 cm³/mol. The Hall–Kier alpha value is -1.29. The molecule has 1 aliphatic carbocycles. The van der Waals surface area contributed by atoms with Gasteiger partial charge in [-0.05, 0) is 43.7 Å². The van der Waals surface area contributed by atoms with Gasteiger partial charge in [0.05, 0.1) is 12.1 Å². The van der Waals surface area contributed by atoms with Gasteiger partial charge in [-0.1, -0.05) is 13.8 Å². The van der Waals surface area contributed by atoms with Gasteiger partial charge in [0.15, 0.2) is 5.76 Å². The van der Waals surface area contributed by atoms with Crippen LogP contribution in [0.3, 0.4) is 0 Å². The summed E-state index contributed by atoms with van der Waals surface area (Å²) in [7, 11) is 0. The molecule has 106 valence electrons. The standard InChI is InChI=1S/C15H23NO3/c1-4-10-8-13(19-12(10)5-2)14(18)16-15(3,9-17)11-6-7-11/h8,11,17H,4-7,9H2,1-3H3,(H,16,18). The van der Waals surface area contributed by atoms with Crippen LogP contribution < -0.4 is 5.32 Å². The van der Waals surface area contributed by atoms with E-state index in [1.807, 2.05) is 26.8 Å². The van der Waals surface area contributed by atoms with Crippen molar-refractivity contribution in [3.05, 3.63) is 23.2 Å². The number of rotatable bonds is 6. The van der Waals surface area contributed by atoms with Crippen LogP contribution in [-0.2, 0) is 12.8 Å². The van der Waals surface area contributed by atoms with Crippen LogP contribution in [0.15, 0.2) is 10.5 Å². The molecular weight excluding hydrogens is 242 g/mol. The van der Waals surface area contributed by atoms with Gasteiger partial charge in [-0.15, -0.1) is 0 Å². The summed E-state index contributed by atoms with van der Waals surface area (Å²) in [6.07, 6.45) is 3.78. The summed E-state index contributed by atoms with van der Waals surface area (Å²) in [4.78, 5) is 12.2. The minimum absolute atomic E-state index is 0.0363. The number of hydrogen-bond acceptors (Lipinski definition) is 3. The molecule has 19 heavy (non-hydrogen) atoms. The smallest absolute Gasteiger partial charge is 0.287 e. The first-order valence-electron chi connectivity index (χ1n) is 7.09. The fourth-order valence-corrected chi connectivity index (χ4v) is 2.49. The van der Waals surface area contributed by atoms with Gasteiger partial charge in [-0.2, -0.15) is 0 Å². The molecule has 2 N–H and O–H groups in total. The molecule has 0 spiro atoms. The maximum atomic E-state index is 12.2. The lowest BCUT2D eigenvalue weighted by Crippen LogP contribution is -2.50. The van der Waals surface area contributed by atoms with Crippen LogP contribution in [0.5, 0.6) is 0 Å². The lowest BCUT2D eigenvalue weighted by molar-refractivity contribution is 0.0795. The summed E-state index contributed by atoms with van der Waals surface area (Å²) >= 11 is 0. The third kappa shape index (κ3) is 2.84. The Kier molecular flexibility index (Phi) is 3.99. The van der Waals surface area contributed by atoms with Crippen LogP contribution in [0.1, 0.15) is 55.5 Å². The van der Waals surface area contributed by atoms with Crippen molar-refractivity contribution in [3.63, 3.8) is 0 Å². The Labute approximate surface area is 114 Å². The van der Waals surface area contributed by atoms with Gasteiger partial charge in [-0.25, -0.2) is 0 Å². The fraction of sp³-hybridized carbons (Fsp3) is 0.667. The maximum Gasteiger partial charge on any atom is 0.287 e. The molecule has 1 atom stereocenters. The fourth-order valence-electron chi connectivity index (χ4n) is 2.49. The molecule has 0 aromatic carbocycles. The van der Waals surface area contributed by atoms with Gasteiger partial charge in [0, 0.05) is 6.42 Å². The summed E-state index contributed by atoms with van der Waals surface area (Å²) in [6, 6.07) is 1.82. The highest BCUT2D eigenvalue weighted by Crippen LogP contribution is 2.39. The summed E-state index contributed by atoms with van der Waals surface area (Å²) in [6.45, 7) is 5.92. The third-order valence-electron chi connectivity index (χ3n) is 4.03. The molecule has 1 aromatic heterocycles. The molecule has 1 unspecified atom stereocenters. The number of carbonyl (C=O) groups is 1. The second-order valence-corrected chi connectivity index (χ2v) is 5.57. The topological polar surface area (TPSA) is 62.5 Å². The Balaban J connectivity index is 2.13. The molecule has 1 amide bonds. The highest BCUT2D eigenvalue weighted by molar-refractivity contribution is 5.92. The van der Waals surface area contributed by atoms with E-state index in [0.29, 0.717) is 11.7 Å². The molecule has 1 fully saturated rings. The quantitative estimate of drug-likeness (QED) is 0.829. The average molecular weight is 265 g/mol. The molecule has 0 radical (unpaired) electrons. The van der Waals surface area contributed by atoms with Crippen molar-refractivity contribution in [1.29, 1.82) is 0 Å². The molecule has 4 nitrogen and oxygen atoms in total. The van der Waals surface area contributed by atoms with Crippen molar-refractivity contribution in [2.75, 3.05) is 6.61 Å². The second kappa shape index (κ2) is 5.37. The third-order valence-corrected chi connectivity index (χ3v) is 4.03. The molecule has 0 saturated heterocycles. The van der Waals surface area contributed by atoms with E-state index in [-0.39, 0.29) is 12.5 Å². The molecule has 1 aliphatic rings. The number of hydrogen-bond donors (Lipinski definition) is 2. The van der Waals surface area contributed by atoms with Crippen molar-refractivity contribution in [1.82, 2.24) is 5.32 Å². The Morgan fingerprint density at radius 2 is 2.16 bits per heavy atom. The normalized spacial score (nSPS) is 18.1. The van der Waals surface area contributed by atoms with E-state index >= 15 is 0 Å². The lowest BCUT2D eigenvalue weighted by atomic mass is 9.97. The highest BCUT2D eigenvalue weighted by Gasteiger charge is 2.42. The van der Waals surface area contributed by atoms with Gasteiger partial charge >= 0.3 is 0 Å². The van der Waals surface area contributed by atoms with E-state index in [4.69, 9.17) is 4.42 Å². The van der Waals surface area contributed by atoms with Crippen molar-refractivity contribution < 1.29 is 14.3 Å². The van der Waals surface area contributed by atoms with Gasteiger partial charge < -0.3 is 14.8 Å². The first kappa shape index (κ1) is 14.1. The number of aliphatic hydroxyl groups excluding tert-OH is 1. The minimum atomic E-state index is -0.525. The van der Waals surface area contributed by atoms with Crippen molar-refractivity contribution in [2.24, 2.45) is 5.92 Å². The van der Waals surface area contributed by atoms with Gasteiger partial charge in [0.2, 0.25) is 0 Å². The van der Waals surface area contributed by atoms with Crippen LogP contribution in [0, 0.1) is 5.92 Å². The summed E-state index contributed by atoms with van der Waals surface area (Å²) in [5.41, 5.74) is 0.563. The van der Waals surface area contributed by atoms with Crippen LogP contribution in [0.25, 0.3) is 0 Å². The largest absolute Gasteiger partial charge is 0.456 e. The number of aliphatic hydroxyl groups is 1. The van der Waals surface area contributed by atoms with E-state index in [1.165, 1.54) is 0 Å². The van der Waals surface area contributed by atoms with Crippen LogP contribution in [0.2, 0.25) is 0 Å². The summed E-state index contributed by atoms with van der Waals surface area (Å²) in [5.74, 6) is 1.39. The molecule has 0 bridgehead atoms. The zero-order chi connectivity index (χ0) is 14.0. The van der Waals surface area contributed by atoms with Crippen LogP contribution in [-0.4, -0.2) is 23.2 Å². The SMILES string of the molecule is CCc1cc(C(=O)NC(C)(CO)C2CC2)oc1CC. The number of carbonyl (C=O) groups excluding carboxylic acids is 1. The molecule has 0 aliphatic heterocycles. The Morgan fingerprint density at radius 1 is 1.47 bits per heavy atom. The second-order valence-electron chi connectivity index (χ2n) is 5.57. The van der Waals surface area contributed by atoms with Crippen molar-refractivity contribution in [3.8, 4) is 0 Å². The summed E-state index contributed by atoms with van der Waals surface area (Å²) < 4.78 is 5.61. The van der Waals surface area contributed by atoms with Crippen LogP contribution >= 0.6 is 0 Å². The van der Waals surface area contributed by atoms with Crippen LogP contribution in [0.4, 0.5) is 0 Å². The Morgan fingerprint density at radius 3 is 2.58 bits per heavy atom.